The van der Waals surface area contributed by atoms with Gasteiger partial charge in [0.05, 0.1) is 12.9 Å². The van der Waals surface area contributed by atoms with Crippen molar-refractivity contribution in [1.82, 2.24) is 14.8 Å². The zero-order valence-corrected chi connectivity index (χ0v) is 19.8. The number of para-hydroxylation sites is 1. The van der Waals surface area contributed by atoms with Gasteiger partial charge in [-0.25, -0.2) is 8.78 Å². The van der Waals surface area contributed by atoms with Crippen LogP contribution in [0.1, 0.15) is 18.9 Å². The van der Waals surface area contributed by atoms with Gasteiger partial charge in [0, 0.05) is 23.5 Å². The van der Waals surface area contributed by atoms with Crippen molar-refractivity contribution < 1.29 is 23.0 Å². The normalized spacial score (nSPS) is 11.7. The highest BCUT2D eigenvalue weighted by molar-refractivity contribution is 7.99. The number of nitrogens with zero attached hydrogens (tertiary/aromatic N) is 3. The molecule has 0 aliphatic heterocycles. The predicted octanol–water partition coefficient (Wildman–Crippen LogP) is 5.42. The van der Waals surface area contributed by atoms with Gasteiger partial charge in [-0.2, -0.15) is 0 Å². The lowest BCUT2D eigenvalue weighted by atomic mass is 10.3. The Hall–Kier alpha value is -3.92. The van der Waals surface area contributed by atoms with E-state index in [1.54, 1.807) is 13.2 Å². The standard InChI is InChI=1S/C25H22F2N4O3S/c1-16(34-20-10-6-9-19(14-20)33-2)24-29-30-25(31(24)18-7-4-3-5-8-18)35-15-23(32)28-17-11-12-21(26)22(27)13-17/h3-14,16H,15H2,1-2H3,(H,28,32). The molecule has 0 fully saturated rings. The Balaban J connectivity index is 1.53. The molecule has 0 saturated heterocycles. The van der Waals surface area contributed by atoms with E-state index in [1.807, 2.05) is 60.0 Å². The van der Waals surface area contributed by atoms with E-state index in [1.165, 1.54) is 6.07 Å². The highest BCUT2D eigenvalue weighted by Crippen LogP contribution is 2.29. The van der Waals surface area contributed by atoms with E-state index in [0.717, 1.165) is 29.6 Å². The third kappa shape index (κ3) is 5.96. The summed E-state index contributed by atoms with van der Waals surface area (Å²) in [6, 6.07) is 19.9. The van der Waals surface area contributed by atoms with Crippen LogP contribution in [0.25, 0.3) is 5.69 Å². The number of halogens is 2. The first-order valence-electron chi connectivity index (χ1n) is 10.6. The predicted molar refractivity (Wildman–Crippen MR) is 129 cm³/mol. The maximum atomic E-state index is 13.4. The Kier molecular flexibility index (Phi) is 7.61. The minimum atomic E-state index is -1.03. The number of methoxy groups -OCH3 is 1. The maximum absolute atomic E-state index is 13.4. The maximum Gasteiger partial charge on any atom is 0.234 e. The third-order valence-corrected chi connectivity index (χ3v) is 5.86. The smallest absolute Gasteiger partial charge is 0.234 e. The number of thioether (sulfide) groups is 1. The molecular weight excluding hydrogens is 474 g/mol. The fourth-order valence-electron chi connectivity index (χ4n) is 3.29. The number of rotatable bonds is 9. The average molecular weight is 497 g/mol. The van der Waals surface area contributed by atoms with Gasteiger partial charge in [0.2, 0.25) is 5.91 Å². The zero-order valence-electron chi connectivity index (χ0n) is 18.9. The summed E-state index contributed by atoms with van der Waals surface area (Å²) in [4.78, 5) is 12.4. The second-order valence-electron chi connectivity index (χ2n) is 7.42. The molecule has 7 nitrogen and oxygen atoms in total. The van der Waals surface area contributed by atoms with Crippen molar-refractivity contribution in [3.05, 3.63) is 90.3 Å². The Bertz CT molecular complexity index is 1320. The van der Waals surface area contributed by atoms with Crippen molar-refractivity contribution in [3.63, 3.8) is 0 Å². The summed E-state index contributed by atoms with van der Waals surface area (Å²) < 4.78 is 39.7. The average Bonchev–Trinajstić information content (AvgIpc) is 3.30. The van der Waals surface area contributed by atoms with E-state index in [-0.39, 0.29) is 11.4 Å². The van der Waals surface area contributed by atoms with Crippen molar-refractivity contribution in [2.45, 2.75) is 18.2 Å². The molecule has 3 aromatic carbocycles. The Morgan fingerprint density at radius 1 is 1.00 bits per heavy atom. The van der Waals surface area contributed by atoms with Crippen LogP contribution in [-0.4, -0.2) is 33.5 Å². The van der Waals surface area contributed by atoms with E-state index in [9.17, 15) is 13.6 Å². The minimum Gasteiger partial charge on any atom is -0.497 e. The number of hydrogen-bond donors (Lipinski definition) is 1. The SMILES string of the molecule is COc1cccc(OC(C)c2nnc(SCC(=O)Nc3ccc(F)c(F)c3)n2-c2ccccc2)c1. The summed E-state index contributed by atoms with van der Waals surface area (Å²) >= 11 is 1.16. The van der Waals surface area contributed by atoms with Crippen LogP contribution in [0.4, 0.5) is 14.5 Å². The number of aromatic nitrogens is 3. The number of benzene rings is 3. The van der Waals surface area contributed by atoms with Gasteiger partial charge in [-0.3, -0.25) is 9.36 Å². The van der Waals surface area contributed by atoms with Crippen LogP contribution in [0.5, 0.6) is 11.5 Å². The number of hydrogen-bond acceptors (Lipinski definition) is 6. The largest absolute Gasteiger partial charge is 0.497 e. The molecule has 10 heteroatoms. The number of amides is 1. The number of ether oxygens (including phenoxy) is 2. The lowest BCUT2D eigenvalue weighted by Gasteiger charge is -2.17. The number of anilines is 1. The quantitative estimate of drug-likeness (QED) is 0.312. The van der Waals surface area contributed by atoms with Crippen molar-refractivity contribution in [2.75, 3.05) is 18.2 Å². The van der Waals surface area contributed by atoms with Gasteiger partial charge in [0.1, 0.15) is 11.5 Å². The van der Waals surface area contributed by atoms with Crippen LogP contribution < -0.4 is 14.8 Å². The van der Waals surface area contributed by atoms with Crippen molar-refractivity contribution >= 4 is 23.4 Å². The van der Waals surface area contributed by atoms with Crippen LogP contribution in [0.2, 0.25) is 0 Å². The van der Waals surface area contributed by atoms with Crippen LogP contribution >= 0.6 is 11.8 Å². The molecule has 35 heavy (non-hydrogen) atoms. The highest BCUT2D eigenvalue weighted by Gasteiger charge is 2.22. The lowest BCUT2D eigenvalue weighted by molar-refractivity contribution is -0.113. The summed E-state index contributed by atoms with van der Waals surface area (Å²) in [5.41, 5.74) is 0.970. The summed E-state index contributed by atoms with van der Waals surface area (Å²) in [6.07, 6.45) is -0.472. The molecule has 1 heterocycles. The number of carbonyl (C=O) groups is 1. The third-order valence-electron chi connectivity index (χ3n) is 4.93. The molecule has 0 saturated carbocycles. The molecule has 0 aliphatic rings. The van der Waals surface area contributed by atoms with Gasteiger partial charge >= 0.3 is 0 Å². The van der Waals surface area contributed by atoms with Gasteiger partial charge in [-0.15, -0.1) is 10.2 Å². The van der Waals surface area contributed by atoms with Crippen molar-refractivity contribution in [2.24, 2.45) is 0 Å². The second-order valence-corrected chi connectivity index (χ2v) is 8.36. The van der Waals surface area contributed by atoms with E-state index in [2.05, 4.69) is 15.5 Å². The van der Waals surface area contributed by atoms with Gasteiger partial charge in [-0.1, -0.05) is 36.0 Å². The van der Waals surface area contributed by atoms with Gasteiger partial charge in [0.15, 0.2) is 28.7 Å². The topological polar surface area (TPSA) is 78.3 Å². The number of nitrogens with one attached hydrogen (secondary N) is 1. The molecule has 180 valence electrons. The highest BCUT2D eigenvalue weighted by atomic mass is 32.2. The van der Waals surface area contributed by atoms with Crippen LogP contribution in [0, 0.1) is 11.6 Å². The molecule has 1 unspecified atom stereocenters. The molecule has 1 atom stereocenters. The summed E-state index contributed by atoms with van der Waals surface area (Å²) in [7, 11) is 1.58. The monoisotopic (exact) mass is 496 g/mol. The Labute approximate surface area is 205 Å². The van der Waals surface area contributed by atoms with E-state index < -0.39 is 23.6 Å². The van der Waals surface area contributed by atoms with Gasteiger partial charge in [-0.05, 0) is 43.3 Å². The molecule has 1 N–H and O–H groups in total. The first-order valence-corrected chi connectivity index (χ1v) is 11.6. The summed E-state index contributed by atoms with van der Waals surface area (Å²) in [5.74, 6) is -0.606. The molecule has 4 rings (SSSR count). The first-order chi connectivity index (χ1) is 16.9. The molecule has 1 aromatic heterocycles. The fourth-order valence-corrected chi connectivity index (χ4v) is 4.05. The molecule has 0 radical (unpaired) electrons. The fraction of sp³-hybridized carbons (Fsp3) is 0.160. The second kappa shape index (κ2) is 11.0. The minimum absolute atomic E-state index is 0.0188. The lowest BCUT2D eigenvalue weighted by Crippen LogP contribution is -2.15. The number of carbonyl (C=O) groups excluding carboxylic acids is 1. The van der Waals surface area contributed by atoms with Crippen molar-refractivity contribution in [3.8, 4) is 17.2 Å². The molecule has 0 bridgehead atoms. The molecule has 0 spiro atoms. The van der Waals surface area contributed by atoms with Crippen molar-refractivity contribution in [1.29, 1.82) is 0 Å². The Morgan fingerprint density at radius 3 is 2.51 bits per heavy atom. The molecular formula is C25H22F2N4O3S. The van der Waals surface area contributed by atoms with E-state index >= 15 is 0 Å². The first kappa shape index (κ1) is 24.2. The molecule has 1 amide bonds. The van der Waals surface area contributed by atoms with Gasteiger partial charge in [0.25, 0.3) is 0 Å². The Morgan fingerprint density at radius 2 is 1.77 bits per heavy atom. The zero-order chi connectivity index (χ0) is 24.8. The van der Waals surface area contributed by atoms with Gasteiger partial charge < -0.3 is 14.8 Å². The summed E-state index contributed by atoms with van der Waals surface area (Å²) in [5, 5.41) is 11.6. The van der Waals surface area contributed by atoms with Crippen LogP contribution in [0.15, 0.2) is 78.0 Å². The van der Waals surface area contributed by atoms with E-state index in [0.29, 0.717) is 22.5 Å². The van der Waals surface area contributed by atoms with Crippen LogP contribution in [-0.2, 0) is 4.79 Å². The van der Waals surface area contributed by atoms with E-state index in [4.69, 9.17) is 9.47 Å². The summed E-state index contributed by atoms with van der Waals surface area (Å²) in [6.45, 7) is 1.85. The van der Waals surface area contributed by atoms with Crippen LogP contribution in [0.3, 0.4) is 0 Å². The molecule has 4 aromatic rings. The molecule has 0 aliphatic carbocycles.